The minimum Gasteiger partial charge on any atom is -0.490 e. The van der Waals surface area contributed by atoms with E-state index in [1.807, 2.05) is 25.7 Å². The van der Waals surface area contributed by atoms with Crippen LogP contribution < -0.4 is 102 Å². The van der Waals surface area contributed by atoms with E-state index in [0.717, 1.165) is 142 Å². The fourth-order valence-electron chi connectivity index (χ4n) is 17.6. The van der Waals surface area contributed by atoms with E-state index in [-0.39, 0.29) is 132 Å². The predicted molar refractivity (Wildman–Crippen MR) is 516 cm³/mol. The number of amides is 4. The van der Waals surface area contributed by atoms with E-state index >= 15 is 0 Å². The second-order valence-corrected chi connectivity index (χ2v) is 40.3. The summed E-state index contributed by atoms with van der Waals surface area (Å²) in [4.78, 5) is 124. The largest absolute Gasteiger partial charge is 0.490 e. The predicted octanol–water partition coefficient (Wildman–Crippen LogP) is 8.69. The molecule has 2 unspecified atom stereocenters. The molecule has 0 spiro atoms. The molecule has 4 amide bonds. The number of nitrogen functional groups attached to an aromatic ring is 4. The number of carbonyl (C=O) groups excluding carboxylic acids is 4. The lowest BCUT2D eigenvalue weighted by Gasteiger charge is -2.32. The van der Waals surface area contributed by atoms with Crippen molar-refractivity contribution in [1.82, 2.24) is 96.0 Å². The zero-order chi connectivity index (χ0) is 99.7. The highest BCUT2D eigenvalue weighted by Gasteiger charge is 2.58. The Hall–Kier alpha value is -14.3. The molecule has 12 N–H and O–H groups in total. The number of carbonyl (C=O) groups is 4. The number of fused-ring (bicyclic) bond motifs is 1. The number of nitrogens with one attached hydrogen (secondary N) is 4. The maximum absolute atomic E-state index is 13.3. The molecule has 45 heteroatoms. The normalized spacial score (nSPS) is 22.4. The molecule has 12 fully saturated rings. The van der Waals surface area contributed by atoms with Crippen molar-refractivity contribution in [3.63, 3.8) is 0 Å². The third-order valence-electron chi connectivity index (χ3n) is 27.8. The number of pyridine rings is 3. The van der Waals surface area contributed by atoms with Crippen molar-refractivity contribution in [3.05, 3.63) is 103 Å². The topological polar surface area (TPSA) is 581 Å². The van der Waals surface area contributed by atoms with Crippen LogP contribution in [0.4, 0.5) is 55.3 Å². The molecule has 143 heavy (non-hydrogen) atoms. The number of nitrogens with two attached hydrogens (primary N) is 4. The van der Waals surface area contributed by atoms with Crippen molar-refractivity contribution in [2.75, 3.05) is 168 Å². The molecule has 8 atom stereocenters. The van der Waals surface area contributed by atoms with Gasteiger partial charge in [-0.15, -0.1) is 0 Å². The Morgan fingerprint density at radius 1 is 0.483 bits per heavy atom. The van der Waals surface area contributed by atoms with Gasteiger partial charge in [0, 0.05) is 138 Å². The van der Waals surface area contributed by atoms with Crippen molar-refractivity contribution in [2.45, 2.75) is 167 Å². The summed E-state index contributed by atoms with van der Waals surface area (Å²) in [6.07, 6.45) is 27.4. The number of rotatable bonds is 36. The number of hydrogen-bond donors (Lipinski definition) is 8. The molecule has 8 aromatic rings. The standard InChI is InChI=1S/C25H30F2N6O4.C25H32N8O3.C25H34N8O3.C23H28N8O3/c26-25(27)9-15(25)11-37-24-30-18(23(34)32-21-16-12-35-13-17(16)21)8-20(31-24)33-6-3-14(4-7-33)10-36-19-2-1-5-29-22(19)28;26-12-17-11-18(17)15-36-25-31-22(23(34)29-19-3-1-2-4-19)30-24(32-25)33-9-6-16(7-10-33)14-35-21-13-28-8-5-20(21)27;1-25(2,3)15-29-22(34)21-30-23(32-24(31-21)36-14-18-10-17(18)11-26)33-8-5-16(6-9-33)13-35-20-12-28-7-4-19(20)27;24-12-23(5-6-23)13-34-22-29-17(21(32)28-16-1-2-16)9-19(30-22)31-7-3-15(4-8-31)11-33-18-10-26-14-27-20(18)25/h1-2,5,8,14-17,21H,3-4,6-7,9-13H2,(H2,28,29)(H,32,34);5,8,13,16-19H,1-4,6-7,9-11,14-15H2,(H2,27,28)(H,29,34);4,7,12,16-18H,5-6,8-10,13-15H2,1-3H3,(H2,27,28)(H,29,34);9-10,14-16H,1-8,11,13H2,(H,28,32)(H2,25,26,27)/t15?,16-,17+,21?;2*17-,18+;/m.11./s1. The van der Waals surface area contributed by atoms with Crippen molar-refractivity contribution >= 4 is 70.2 Å². The van der Waals surface area contributed by atoms with E-state index in [9.17, 15) is 33.2 Å². The first-order chi connectivity index (χ1) is 69.2. The number of alkyl halides is 2. The van der Waals surface area contributed by atoms with Crippen molar-refractivity contribution in [2.24, 2.45) is 75.9 Å². The van der Waals surface area contributed by atoms with Crippen LogP contribution in [-0.4, -0.2) is 247 Å². The van der Waals surface area contributed by atoms with Crippen LogP contribution >= 0.6 is 0 Å². The second kappa shape index (κ2) is 45.7. The summed E-state index contributed by atoms with van der Waals surface area (Å²) in [6, 6.07) is 18.0. The van der Waals surface area contributed by atoms with Crippen LogP contribution in [0.25, 0.3) is 0 Å². The highest BCUT2D eigenvalue weighted by molar-refractivity contribution is 5.94. The van der Waals surface area contributed by atoms with E-state index < -0.39 is 17.3 Å². The second-order valence-electron chi connectivity index (χ2n) is 40.3. The van der Waals surface area contributed by atoms with Crippen LogP contribution in [0.2, 0.25) is 0 Å². The fourth-order valence-corrected chi connectivity index (χ4v) is 17.6. The molecule has 0 aromatic carbocycles. The third-order valence-corrected chi connectivity index (χ3v) is 27.8. The van der Waals surface area contributed by atoms with Crippen molar-refractivity contribution in [1.29, 1.82) is 15.8 Å². The van der Waals surface area contributed by atoms with Crippen LogP contribution in [0.3, 0.4) is 0 Å². The Bertz CT molecular complexity index is 5860. The van der Waals surface area contributed by atoms with Gasteiger partial charge in [0.2, 0.25) is 23.5 Å². The number of nitrogens with zero attached hydrogens (tertiary/aromatic N) is 22. The van der Waals surface area contributed by atoms with Gasteiger partial charge < -0.3 is 106 Å². The van der Waals surface area contributed by atoms with Crippen LogP contribution in [0.5, 0.6) is 47.0 Å². The van der Waals surface area contributed by atoms with Crippen LogP contribution in [0, 0.1) is 110 Å². The van der Waals surface area contributed by atoms with Crippen molar-refractivity contribution in [3.8, 4) is 65.2 Å². The Balaban J connectivity index is 0.000000131. The summed E-state index contributed by atoms with van der Waals surface area (Å²) < 4.78 is 78.5. The average molecular weight is 1970 g/mol. The van der Waals surface area contributed by atoms with Gasteiger partial charge in [0.15, 0.2) is 34.6 Å². The third kappa shape index (κ3) is 28.1. The van der Waals surface area contributed by atoms with E-state index in [1.165, 1.54) is 6.33 Å². The molecule has 13 heterocycles. The zero-order valence-electron chi connectivity index (χ0n) is 80.7. The molecule has 0 radical (unpaired) electrons. The van der Waals surface area contributed by atoms with Gasteiger partial charge in [0.25, 0.3) is 29.6 Å². The van der Waals surface area contributed by atoms with E-state index in [4.69, 9.17) is 76.1 Å². The highest BCUT2D eigenvalue weighted by atomic mass is 19.3. The number of hydrogen-bond acceptors (Lipinski definition) is 39. The summed E-state index contributed by atoms with van der Waals surface area (Å²) >= 11 is 0. The summed E-state index contributed by atoms with van der Waals surface area (Å²) in [6.45, 7) is 16.6. The lowest BCUT2D eigenvalue weighted by molar-refractivity contribution is 0.0834. The Labute approximate surface area is 827 Å². The number of halogens is 2. The molecule has 5 saturated heterocycles. The first-order valence-electron chi connectivity index (χ1n) is 49.6. The van der Waals surface area contributed by atoms with E-state index in [0.29, 0.717) is 196 Å². The number of aromatic nitrogens is 15. The summed E-state index contributed by atoms with van der Waals surface area (Å²) in [7, 11) is 0. The number of piperidine rings is 4. The number of nitriles is 3. The monoisotopic (exact) mass is 1970 g/mol. The molecular weight excluding hydrogens is 1840 g/mol. The van der Waals surface area contributed by atoms with Crippen LogP contribution in [0.1, 0.15) is 185 Å². The van der Waals surface area contributed by atoms with Gasteiger partial charge in [0.05, 0.1) is 124 Å². The molecule has 8 aromatic heterocycles. The van der Waals surface area contributed by atoms with Gasteiger partial charge in [-0.25, -0.2) is 23.7 Å². The maximum atomic E-state index is 13.3. The van der Waals surface area contributed by atoms with Gasteiger partial charge in [0.1, 0.15) is 42.6 Å². The Kier molecular flexibility index (Phi) is 32.0. The Morgan fingerprint density at radius 2 is 0.930 bits per heavy atom. The number of anilines is 8. The summed E-state index contributed by atoms with van der Waals surface area (Å²) in [5, 5.41) is 39.4. The minimum atomic E-state index is -2.70. The molecular formula is C98H124F2N30O13. The van der Waals surface area contributed by atoms with Gasteiger partial charge >= 0.3 is 24.0 Å². The summed E-state index contributed by atoms with van der Waals surface area (Å²) in [5.41, 5.74) is 24.7. The van der Waals surface area contributed by atoms with Crippen molar-refractivity contribution < 1.29 is 70.6 Å². The lowest BCUT2D eigenvalue weighted by Crippen LogP contribution is -2.38. The summed E-state index contributed by atoms with van der Waals surface area (Å²) in [5.74, 6) is 2.93. The molecule has 7 aliphatic carbocycles. The zero-order valence-corrected chi connectivity index (χ0v) is 80.7. The van der Waals surface area contributed by atoms with E-state index in [2.05, 4.69) is 129 Å². The van der Waals surface area contributed by atoms with Gasteiger partial charge in [-0.05, 0) is 156 Å². The molecule has 7 saturated carbocycles. The smallest absolute Gasteiger partial charge is 0.321 e. The average Bonchev–Trinajstić information content (AvgIpc) is 1.59. The Morgan fingerprint density at radius 3 is 1.39 bits per heavy atom. The van der Waals surface area contributed by atoms with Crippen LogP contribution in [-0.2, 0) is 4.74 Å². The van der Waals surface area contributed by atoms with Gasteiger partial charge in [-0.3, -0.25) is 29.1 Å². The number of ether oxygens (including phenoxy) is 9. The quantitative estimate of drug-likeness (QED) is 0.0182. The molecule has 43 nitrogen and oxygen atoms in total. The highest BCUT2D eigenvalue weighted by Crippen LogP contribution is 2.50. The lowest BCUT2D eigenvalue weighted by atomic mass is 9.97. The molecule has 758 valence electrons. The van der Waals surface area contributed by atoms with Crippen LogP contribution in [0.15, 0.2) is 79.9 Å². The molecule has 5 aliphatic heterocycles. The van der Waals surface area contributed by atoms with Gasteiger partial charge in [-0.2, -0.15) is 65.6 Å². The SMILES string of the molecule is CC(C)(C)CNC(=O)c1nc(OC[C@@H]2C[C@@H]2C#N)nc(N2CCC(COc3cnccc3N)CC2)n1.N#CC1(COc2nc(C(=O)NC3CC3)cc(N3CCC(COc4cncnc4N)CC3)n2)CC1.N#C[C@H]1C[C@H]1COc1nc(C(=O)NC2CCCC2)nc(N2CCC(COc3cnccc3N)CC2)n1.Nc1ncccc1OCC1CCN(c2cc(C(=O)NC3[C@H]4COC[C@@H]34)nc(OCC3CC3(F)F)n2)CC1. The molecule has 0 bridgehead atoms. The molecule has 12 aliphatic rings. The van der Waals surface area contributed by atoms with Gasteiger partial charge in [-0.1, -0.05) is 33.6 Å². The first-order valence-corrected chi connectivity index (χ1v) is 49.6. The fraction of sp³-hybridized carbons (Fsp3) is 0.592. The molecule has 20 rings (SSSR count). The maximum Gasteiger partial charge on any atom is 0.321 e. The van der Waals surface area contributed by atoms with E-state index in [1.54, 1.807) is 73.6 Å². The minimum absolute atomic E-state index is 0.0177. The first kappa shape index (κ1) is 100.